The van der Waals surface area contributed by atoms with Gasteiger partial charge in [0.15, 0.2) is 8.32 Å². The number of aliphatic hydroxyl groups excluding tert-OH is 1. The fraction of sp³-hybridized carbons (Fsp3) is 0.517. The number of hydrogen-bond donors (Lipinski definition) is 1. The van der Waals surface area contributed by atoms with E-state index in [1.165, 1.54) is 10.4 Å². The Morgan fingerprint density at radius 1 is 0.853 bits per heavy atom. The van der Waals surface area contributed by atoms with E-state index in [1.54, 1.807) is 0 Å². The molecule has 0 bridgehead atoms. The van der Waals surface area contributed by atoms with Crippen molar-refractivity contribution in [3.05, 3.63) is 72.3 Å². The second kappa shape index (κ2) is 11.0. The van der Waals surface area contributed by atoms with E-state index in [4.69, 9.17) is 8.85 Å². The Morgan fingerprint density at radius 3 is 1.68 bits per heavy atom. The largest absolute Gasteiger partial charge is 0.411 e. The lowest BCUT2D eigenvalue weighted by Crippen LogP contribution is -2.66. The van der Waals surface area contributed by atoms with E-state index in [2.05, 4.69) is 115 Å². The van der Waals surface area contributed by atoms with Crippen LogP contribution in [0.15, 0.2) is 72.3 Å². The molecule has 2 aromatic rings. The van der Waals surface area contributed by atoms with Gasteiger partial charge in [-0.25, -0.2) is 0 Å². The van der Waals surface area contributed by atoms with E-state index in [0.717, 1.165) is 5.57 Å². The number of aliphatic hydroxyl groups is 1. The molecule has 3 nitrogen and oxygen atoms in total. The molecule has 0 spiro atoms. The molecule has 2 rings (SSSR count). The van der Waals surface area contributed by atoms with Crippen LogP contribution in [0.25, 0.3) is 0 Å². The lowest BCUT2D eigenvalue weighted by Gasteiger charge is -2.43. The zero-order valence-corrected chi connectivity index (χ0v) is 25.0. The topological polar surface area (TPSA) is 38.7 Å². The Bertz CT molecular complexity index is 886. The maximum atomic E-state index is 11.0. The van der Waals surface area contributed by atoms with Crippen molar-refractivity contribution < 1.29 is 14.0 Å². The molecular formula is C29H46O3Si2. The van der Waals surface area contributed by atoms with Crippen LogP contribution in [0.1, 0.15) is 55.4 Å². The monoisotopic (exact) mass is 498 g/mol. The third-order valence-corrected chi connectivity index (χ3v) is 16.9. The van der Waals surface area contributed by atoms with Gasteiger partial charge in [-0.2, -0.15) is 0 Å². The molecule has 34 heavy (non-hydrogen) atoms. The maximum Gasteiger partial charge on any atom is 0.261 e. The standard InChI is InChI=1S/C29H46O3Si2/c1-23(27(30)24(2)32-33(9,10)28(3,4)5)21-22-31-34(29(6,7)8,25-17-13-11-14-18-25)26-19-15-12-16-20-26/h11-21,24,27,30H,22H2,1-10H3/b23-21-/t24-,27-/m0/s1. The molecule has 0 unspecified atom stereocenters. The van der Waals surface area contributed by atoms with Crippen LogP contribution in [0, 0.1) is 0 Å². The number of rotatable bonds is 9. The fourth-order valence-electron chi connectivity index (χ4n) is 4.26. The Labute approximate surface area is 210 Å². The number of benzene rings is 2. The molecule has 1 N–H and O–H groups in total. The van der Waals surface area contributed by atoms with E-state index in [0.29, 0.717) is 6.61 Å². The Morgan fingerprint density at radius 2 is 1.29 bits per heavy atom. The van der Waals surface area contributed by atoms with Crippen molar-refractivity contribution in [1.29, 1.82) is 0 Å². The molecule has 0 amide bonds. The molecule has 188 valence electrons. The van der Waals surface area contributed by atoms with E-state index in [1.807, 2.05) is 19.9 Å². The van der Waals surface area contributed by atoms with Gasteiger partial charge in [-0.1, -0.05) is 108 Å². The van der Waals surface area contributed by atoms with E-state index in [9.17, 15) is 5.11 Å². The first-order valence-electron chi connectivity index (χ1n) is 12.4. The van der Waals surface area contributed by atoms with Gasteiger partial charge < -0.3 is 14.0 Å². The van der Waals surface area contributed by atoms with Gasteiger partial charge in [0, 0.05) is 0 Å². The molecule has 0 aromatic heterocycles. The van der Waals surface area contributed by atoms with Crippen molar-refractivity contribution in [1.82, 2.24) is 0 Å². The summed E-state index contributed by atoms with van der Waals surface area (Å²) in [6.45, 7) is 22.3. The summed E-state index contributed by atoms with van der Waals surface area (Å²) in [6.07, 6.45) is 1.12. The van der Waals surface area contributed by atoms with Gasteiger partial charge in [0.05, 0.1) is 18.8 Å². The van der Waals surface area contributed by atoms with Crippen molar-refractivity contribution in [2.45, 2.75) is 90.8 Å². The normalized spacial score (nSPS) is 15.8. The zero-order valence-electron chi connectivity index (χ0n) is 23.0. The third-order valence-electron chi connectivity index (χ3n) is 7.32. The molecule has 5 heteroatoms. The predicted molar refractivity (Wildman–Crippen MR) is 151 cm³/mol. The Balaban J connectivity index is 2.32. The molecule has 0 aliphatic rings. The summed E-state index contributed by atoms with van der Waals surface area (Å²) in [5.41, 5.74) is 0.893. The highest BCUT2D eigenvalue weighted by molar-refractivity contribution is 6.99. The van der Waals surface area contributed by atoms with Gasteiger partial charge in [0.25, 0.3) is 8.32 Å². The highest BCUT2D eigenvalue weighted by Gasteiger charge is 2.50. The minimum atomic E-state index is -2.59. The van der Waals surface area contributed by atoms with Gasteiger partial charge >= 0.3 is 0 Å². The predicted octanol–water partition coefficient (Wildman–Crippen LogP) is 6.28. The summed E-state index contributed by atoms with van der Waals surface area (Å²) < 4.78 is 13.4. The molecule has 0 saturated heterocycles. The first-order chi connectivity index (χ1) is 15.6. The molecule has 0 radical (unpaired) electrons. The lowest BCUT2D eigenvalue weighted by molar-refractivity contribution is 0.0616. The van der Waals surface area contributed by atoms with Crippen LogP contribution < -0.4 is 10.4 Å². The average molecular weight is 499 g/mol. The van der Waals surface area contributed by atoms with Gasteiger partial charge in [-0.05, 0) is 53.0 Å². The summed E-state index contributed by atoms with van der Waals surface area (Å²) in [5.74, 6) is 0. The number of hydrogen-bond acceptors (Lipinski definition) is 3. The van der Waals surface area contributed by atoms with Crippen molar-refractivity contribution in [2.75, 3.05) is 6.61 Å². The molecule has 0 fully saturated rings. The van der Waals surface area contributed by atoms with Crippen LogP contribution in [0.5, 0.6) is 0 Å². The summed E-state index contributed by atoms with van der Waals surface area (Å²) in [4.78, 5) is 0. The highest BCUT2D eigenvalue weighted by atomic mass is 28.4. The maximum absolute atomic E-state index is 11.0. The van der Waals surface area contributed by atoms with E-state index < -0.39 is 22.7 Å². The zero-order chi connectivity index (χ0) is 25.8. The minimum Gasteiger partial charge on any atom is -0.411 e. The quantitative estimate of drug-likeness (QED) is 0.327. The average Bonchev–Trinajstić information content (AvgIpc) is 2.75. The van der Waals surface area contributed by atoms with Crippen LogP contribution in [-0.4, -0.2) is 40.6 Å². The van der Waals surface area contributed by atoms with E-state index in [-0.39, 0.29) is 16.2 Å². The van der Waals surface area contributed by atoms with Gasteiger partial charge in [-0.15, -0.1) is 0 Å². The summed E-state index contributed by atoms with van der Waals surface area (Å²) >= 11 is 0. The van der Waals surface area contributed by atoms with Gasteiger partial charge in [0.1, 0.15) is 0 Å². The second-order valence-electron chi connectivity index (χ2n) is 12.0. The molecule has 0 saturated carbocycles. The first-order valence-corrected chi connectivity index (χ1v) is 17.2. The van der Waals surface area contributed by atoms with Crippen LogP contribution in [0.2, 0.25) is 23.2 Å². The Kier molecular flexibility index (Phi) is 9.33. The van der Waals surface area contributed by atoms with Crippen LogP contribution in [-0.2, 0) is 8.85 Å². The molecular weight excluding hydrogens is 452 g/mol. The SMILES string of the molecule is C/C(=C/CO[Si](c1ccccc1)(c1ccccc1)C(C)(C)C)[C@H](O)[C@H](C)O[Si](C)(C)C(C)(C)C. The Hall–Kier alpha value is -1.51. The third kappa shape index (κ3) is 6.38. The van der Waals surface area contributed by atoms with Crippen LogP contribution >= 0.6 is 0 Å². The molecule has 0 aliphatic carbocycles. The fourth-order valence-corrected chi connectivity index (χ4v) is 10.2. The van der Waals surface area contributed by atoms with Crippen molar-refractivity contribution in [3.8, 4) is 0 Å². The van der Waals surface area contributed by atoms with Crippen LogP contribution in [0.3, 0.4) is 0 Å². The summed E-state index contributed by atoms with van der Waals surface area (Å²) in [5, 5.41) is 13.6. The summed E-state index contributed by atoms with van der Waals surface area (Å²) in [7, 11) is -4.55. The van der Waals surface area contributed by atoms with Crippen molar-refractivity contribution >= 4 is 27.0 Å². The second-order valence-corrected chi connectivity index (χ2v) is 21.0. The molecule has 0 aliphatic heterocycles. The van der Waals surface area contributed by atoms with Crippen molar-refractivity contribution in [3.63, 3.8) is 0 Å². The van der Waals surface area contributed by atoms with Gasteiger partial charge in [0.2, 0.25) is 0 Å². The molecule has 2 atom stereocenters. The molecule has 2 aromatic carbocycles. The van der Waals surface area contributed by atoms with Crippen LogP contribution in [0.4, 0.5) is 0 Å². The van der Waals surface area contributed by atoms with E-state index >= 15 is 0 Å². The highest BCUT2D eigenvalue weighted by Crippen LogP contribution is 2.38. The van der Waals surface area contributed by atoms with Crippen molar-refractivity contribution in [2.24, 2.45) is 0 Å². The minimum absolute atomic E-state index is 0.0746. The van der Waals surface area contributed by atoms with Gasteiger partial charge in [-0.3, -0.25) is 0 Å². The first kappa shape index (κ1) is 28.7. The smallest absolute Gasteiger partial charge is 0.261 e. The lowest BCUT2D eigenvalue weighted by atomic mass is 10.1. The molecule has 0 heterocycles. The summed E-state index contributed by atoms with van der Waals surface area (Å²) in [6, 6.07) is 21.3.